The summed E-state index contributed by atoms with van der Waals surface area (Å²) in [5.41, 5.74) is 4.96. The van der Waals surface area contributed by atoms with Crippen LogP contribution in [-0.4, -0.2) is 41.1 Å². The fourth-order valence-electron chi connectivity index (χ4n) is 4.53. The average Bonchev–Trinajstić information content (AvgIpc) is 3.29. The molecule has 3 N–H and O–H groups in total. The number of amides is 3. The lowest BCUT2D eigenvalue weighted by Gasteiger charge is -2.14. The van der Waals surface area contributed by atoms with Crippen LogP contribution >= 0.6 is 11.3 Å². The molecule has 0 saturated heterocycles. The van der Waals surface area contributed by atoms with E-state index >= 15 is 0 Å². The lowest BCUT2D eigenvalue weighted by Crippen LogP contribution is -2.35. The number of aromatic nitrogens is 2. The summed E-state index contributed by atoms with van der Waals surface area (Å²) in [5.74, 6) is -0.762. The third-order valence-corrected chi connectivity index (χ3v) is 7.30. The zero-order valence-corrected chi connectivity index (χ0v) is 18.9. The van der Waals surface area contributed by atoms with Gasteiger partial charge in [-0.1, -0.05) is 0 Å². The SMILES string of the molecule is CNC(=O)CNC(=O)c1c(NC(=O)Cn2nc(C)c3c2CCCC3)sc2c1CCCC2. The van der Waals surface area contributed by atoms with Gasteiger partial charge in [-0.15, -0.1) is 11.3 Å². The van der Waals surface area contributed by atoms with Gasteiger partial charge in [0.2, 0.25) is 11.8 Å². The van der Waals surface area contributed by atoms with Crippen LogP contribution in [0.15, 0.2) is 0 Å². The van der Waals surface area contributed by atoms with Crippen molar-refractivity contribution in [1.82, 2.24) is 20.4 Å². The largest absolute Gasteiger partial charge is 0.358 e. The number of thiophene rings is 1. The zero-order valence-electron chi connectivity index (χ0n) is 18.1. The first-order chi connectivity index (χ1) is 15.0. The molecule has 0 atom stereocenters. The van der Waals surface area contributed by atoms with Gasteiger partial charge in [-0.3, -0.25) is 19.1 Å². The summed E-state index contributed by atoms with van der Waals surface area (Å²) in [6.07, 6.45) is 8.09. The molecule has 9 heteroatoms. The van der Waals surface area contributed by atoms with Crippen LogP contribution in [0, 0.1) is 6.92 Å². The summed E-state index contributed by atoms with van der Waals surface area (Å²) in [6, 6.07) is 0. The molecule has 2 aliphatic rings. The van der Waals surface area contributed by atoms with Crippen LogP contribution in [0.1, 0.15) is 63.4 Å². The number of nitrogens with zero attached hydrogens (tertiary/aromatic N) is 2. The molecule has 0 unspecified atom stereocenters. The zero-order chi connectivity index (χ0) is 22.0. The Labute approximate surface area is 185 Å². The molecule has 2 aromatic heterocycles. The van der Waals surface area contributed by atoms with Crippen molar-refractivity contribution in [2.24, 2.45) is 0 Å². The van der Waals surface area contributed by atoms with Crippen LogP contribution in [0.3, 0.4) is 0 Å². The molecule has 2 aromatic rings. The quantitative estimate of drug-likeness (QED) is 0.636. The minimum Gasteiger partial charge on any atom is -0.358 e. The number of aryl methyl sites for hydroxylation is 2. The fraction of sp³-hybridized carbons (Fsp3) is 0.545. The molecule has 4 rings (SSSR count). The van der Waals surface area contributed by atoms with Gasteiger partial charge in [-0.25, -0.2) is 0 Å². The molecule has 0 spiro atoms. The van der Waals surface area contributed by atoms with Gasteiger partial charge < -0.3 is 16.0 Å². The number of carbonyl (C=O) groups is 3. The van der Waals surface area contributed by atoms with Crippen molar-refractivity contribution < 1.29 is 14.4 Å². The number of hydrogen-bond donors (Lipinski definition) is 3. The van der Waals surface area contributed by atoms with Crippen LogP contribution in [0.4, 0.5) is 5.00 Å². The Morgan fingerprint density at radius 1 is 1.00 bits per heavy atom. The summed E-state index contributed by atoms with van der Waals surface area (Å²) in [6.45, 7) is 2.05. The van der Waals surface area contributed by atoms with E-state index in [1.807, 2.05) is 11.6 Å². The van der Waals surface area contributed by atoms with Crippen LogP contribution in [0.5, 0.6) is 0 Å². The number of carbonyl (C=O) groups excluding carboxylic acids is 3. The standard InChI is InChI=1S/C22H29N5O3S/c1-13-14-7-3-5-9-16(14)27(26-13)12-19(29)25-22-20(21(30)24-11-18(28)23-2)15-8-4-6-10-17(15)31-22/h3-12H2,1-2H3,(H,23,28)(H,24,30)(H,25,29). The van der Waals surface area contributed by atoms with Gasteiger partial charge >= 0.3 is 0 Å². The van der Waals surface area contributed by atoms with Crippen molar-refractivity contribution in [2.45, 2.75) is 64.8 Å². The van der Waals surface area contributed by atoms with Crippen LogP contribution in [0.2, 0.25) is 0 Å². The molecule has 2 heterocycles. The smallest absolute Gasteiger partial charge is 0.255 e. The lowest BCUT2D eigenvalue weighted by atomic mass is 9.95. The Morgan fingerprint density at radius 3 is 2.48 bits per heavy atom. The van der Waals surface area contributed by atoms with Crippen LogP contribution in [-0.2, 0) is 41.8 Å². The van der Waals surface area contributed by atoms with Crippen molar-refractivity contribution in [3.8, 4) is 0 Å². The van der Waals surface area contributed by atoms with Crippen molar-refractivity contribution in [1.29, 1.82) is 0 Å². The van der Waals surface area contributed by atoms with Crippen molar-refractivity contribution in [3.05, 3.63) is 33.0 Å². The van der Waals surface area contributed by atoms with Crippen LogP contribution in [0.25, 0.3) is 0 Å². The third-order valence-electron chi connectivity index (χ3n) is 6.09. The average molecular weight is 444 g/mol. The maximum Gasteiger partial charge on any atom is 0.255 e. The predicted molar refractivity (Wildman–Crippen MR) is 120 cm³/mol. The molecule has 31 heavy (non-hydrogen) atoms. The Bertz CT molecular complexity index is 1020. The monoisotopic (exact) mass is 443 g/mol. The first-order valence-electron chi connectivity index (χ1n) is 11.0. The Hall–Kier alpha value is -2.68. The molecule has 0 radical (unpaired) electrons. The van der Waals surface area contributed by atoms with Crippen molar-refractivity contribution >= 4 is 34.1 Å². The maximum atomic E-state index is 12.9. The van der Waals surface area contributed by atoms with E-state index in [-0.39, 0.29) is 30.8 Å². The van der Waals surface area contributed by atoms with Gasteiger partial charge in [0.1, 0.15) is 11.5 Å². The van der Waals surface area contributed by atoms with E-state index in [0.717, 1.165) is 66.8 Å². The second-order valence-electron chi connectivity index (χ2n) is 8.19. The highest BCUT2D eigenvalue weighted by Gasteiger charge is 2.27. The number of likely N-dealkylation sites (N-methyl/N-ethyl adjacent to an activating group) is 1. The van der Waals surface area contributed by atoms with Gasteiger partial charge in [0.05, 0.1) is 17.8 Å². The molecule has 0 aromatic carbocycles. The molecule has 2 aliphatic carbocycles. The van der Waals surface area contributed by atoms with Gasteiger partial charge in [-0.2, -0.15) is 5.10 Å². The molecular formula is C22H29N5O3S. The van der Waals surface area contributed by atoms with E-state index in [2.05, 4.69) is 21.0 Å². The van der Waals surface area contributed by atoms with Gasteiger partial charge in [-0.05, 0) is 69.4 Å². The van der Waals surface area contributed by atoms with E-state index in [1.54, 1.807) is 0 Å². The Kier molecular flexibility index (Phi) is 6.41. The summed E-state index contributed by atoms with van der Waals surface area (Å²) in [5, 5.41) is 13.3. The summed E-state index contributed by atoms with van der Waals surface area (Å²) < 4.78 is 1.82. The van der Waals surface area contributed by atoms with E-state index in [4.69, 9.17) is 0 Å². The molecule has 0 fully saturated rings. The minimum absolute atomic E-state index is 0.0912. The molecule has 8 nitrogen and oxygen atoms in total. The highest BCUT2D eigenvalue weighted by Crippen LogP contribution is 2.38. The topological polar surface area (TPSA) is 105 Å². The van der Waals surface area contributed by atoms with E-state index in [0.29, 0.717) is 10.6 Å². The highest BCUT2D eigenvalue weighted by atomic mass is 32.1. The molecular weight excluding hydrogens is 414 g/mol. The molecule has 0 saturated carbocycles. The Morgan fingerprint density at radius 2 is 1.71 bits per heavy atom. The van der Waals surface area contributed by atoms with Gasteiger partial charge in [0, 0.05) is 17.6 Å². The second kappa shape index (κ2) is 9.21. The summed E-state index contributed by atoms with van der Waals surface area (Å²) in [4.78, 5) is 38.5. The van der Waals surface area contributed by atoms with E-state index in [1.165, 1.54) is 30.4 Å². The molecule has 3 amide bonds. The number of anilines is 1. The highest BCUT2D eigenvalue weighted by molar-refractivity contribution is 7.17. The molecule has 166 valence electrons. The second-order valence-corrected chi connectivity index (χ2v) is 9.30. The van der Waals surface area contributed by atoms with Crippen LogP contribution < -0.4 is 16.0 Å². The van der Waals surface area contributed by atoms with Crippen molar-refractivity contribution in [3.63, 3.8) is 0 Å². The van der Waals surface area contributed by atoms with Gasteiger partial charge in [0.15, 0.2) is 0 Å². The normalized spacial score (nSPS) is 15.0. The van der Waals surface area contributed by atoms with Gasteiger partial charge in [0.25, 0.3) is 5.91 Å². The lowest BCUT2D eigenvalue weighted by molar-refractivity contribution is -0.119. The first kappa shape index (κ1) is 21.5. The third kappa shape index (κ3) is 4.51. The number of rotatable bonds is 6. The first-order valence-corrected chi connectivity index (χ1v) is 11.8. The number of nitrogens with one attached hydrogen (secondary N) is 3. The molecule has 0 bridgehead atoms. The fourth-order valence-corrected chi connectivity index (χ4v) is 5.83. The van der Waals surface area contributed by atoms with E-state index in [9.17, 15) is 14.4 Å². The Balaban J connectivity index is 1.54. The molecule has 0 aliphatic heterocycles. The van der Waals surface area contributed by atoms with E-state index < -0.39 is 0 Å². The number of hydrogen-bond acceptors (Lipinski definition) is 5. The van der Waals surface area contributed by atoms with Crippen molar-refractivity contribution in [2.75, 3.05) is 18.9 Å². The maximum absolute atomic E-state index is 12.9. The summed E-state index contributed by atoms with van der Waals surface area (Å²) in [7, 11) is 1.53. The summed E-state index contributed by atoms with van der Waals surface area (Å²) >= 11 is 1.48. The minimum atomic E-state index is -0.314. The number of fused-ring (bicyclic) bond motifs is 2. The predicted octanol–water partition coefficient (Wildman–Crippen LogP) is 2.13.